The SMILES string of the molecule is c1ccc2c(c1)[se]c1ccc(-n3c4ccccc4c4ccc(-n5c6ccccc6c6c(-n7c8ccccc8c8ccccc87)cccc65)cc43)cc12. The van der Waals surface area contributed by atoms with Crippen molar-refractivity contribution in [2.45, 2.75) is 0 Å². The second kappa shape index (κ2) is 10.6. The van der Waals surface area contributed by atoms with Crippen LogP contribution in [0.15, 0.2) is 176 Å². The molecule has 0 N–H and O–H groups in total. The topological polar surface area (TPSA) is 14.8 Å². The summed E-state index contributed by atoms with van der Waals surface area (Å²) in [5, 5.41) is 10.3. The van der Waals surface area contributed by atoms with Gasteiger partial charge >= 0.3 is 219 Å². The fourth-order valence-corrected chi connectivity index (χ4v) is 11.2. The van der Waals surface area contributed by atoms with Gasteiger partial charge in [-0.1, -0.05) is 42.5 Å². The molecule has 0 bridgehead atoms. The minimum absolute atomic E-state index is 0.340. The molecule has 0 aliphatic rings. The number of nitrogens with zero attached hydrogens (tertiary/aromatic N) is 3. The Bertz CT molecular complexity index is 3370. The Balaban J connectivity index is 1.15. The van der Waals surface area contributed by atoms with E-state index in [0.717, 1.165) is 5.69 Å². The van der Waals surface area contributed by atoms with Crippen LogP contribution in [0.1, 0.15) is 0 Å². The Labute approximate surface area is 304 Å². The molecule has 12 aromatic rings. The number of benzene rings is 8. The molecule has 0 aliphatic heterocycles. The van der Waals surface area contributed by atoms with Crippen molar-refractivity contribution in [3.8, 4) is 17.1 Å². The summed E-state index contributed by atoms with van der Waals surface area (Å²) < 4.78 is 10.3. The van der Waals surface area contributed by atoms with Gasteiger partial charge in [0.25, 0.3) is 0 Å². The standard InChI is InChI=1S/C48H29N3Se/c1-6-17-39-34(14-1)35-26-24-31(29-45(35)50(39)30-25-27-47-38(28-30)36-15-5-10-23-46(36)52-47)49-42-20-9-4-16-37(42)48-43(49)21-11-22-44(48)51-40-18-7-2-12-32(40)33-13-3-8-19-41(33)51/h1-29H. The molecule has 0 radical (unpaired) electrons. The van der Waals surface area contributed by atoms with Crippen LogP contribution < -0.4 is 0 Å². The van der Waals surface area contributed by atoms with Crippen molar-refractivity contribution in [3.05, 3.63) is 176 Å². The summed E-state index contributed by atoms with van der Waals surface area (Å²) in [5.74, 6) is 0. The molecule has 0 fully saturated rings. The fourth-order valence-electron chi connectivity index (χ4n) is 8.88. The molecule has 0 unspecified atom stereocenters. The average Bonchev–Trinajstić information content (AvgIpc) is 3.94. The normalized spacial score (nSPS) is 12.2. The van der Waals surface area contributed by atoms with E-state index in [1.807, 2.05) is 0 Å². The Kier molecular flexibility index (Phi) is 5.79. The second-order valence-corrected chi connectivity index (χ2v) is 16.0. The predicted octanol–water partition coefficient (Wildman–Crippen LogP) is 12.3. The van der Waals surface area contributed by atoms with Gasteiger partial charge in [-0.15, -0.1) is 0 Å². The van der Waals surface area contributed by atoms with Crippen molar-refractivity contribution < 1.29 is 0 Å². The van der Waals surface area contributed by atoms with Gasteiger partial charge in [0.05, 0.1) is 11.0 Å². The molecule has 0 amide bonds. The summed E-state index contributed by atoms with van der Waals surface area (Å²) in [5.41, 5.74) is 10.8. The van der Waals surface area contributed by atoms with Crippen molar-refractivity contribution in [1.29, 1.82) is 0 Å². The van der Waals surface area contributed by atoms with Gasteiger partial charge in [-0.2, -0.15) is 0 Å². The first-order valence-electron chi connectivity index (χ1n) is 17.8. The third-order valence-electron chi connectivity index (χ3n) is 11.0. The zero-order chi connectivity index (χ0) is 33.9. The molecule has 0 aliphatic carbocycles. The van der Waals surface area contributed by atoms with Crippen LogP contribution in [0, 0.1) is 0 Å². The first-order valence-corrected chi connectivity index (χ1v) is 19.5. The Morgan fingerprint density at radius 1 is 0.288 bits per heavy atom. The minimum atomic E-state index is 0.340. The van der Waals surface area contributed by atoms with E-state index in [0.29, 0.717) is 14.5 Å². The van der Waals surface area contributed by atoms with Gasteiger partial charge in [-0.3, -0.25) is 0 Å². The third-order valence-corrected chi connectivity index (χ3v) is 13.4. The number of hydrogen-bond acceptors (Lipinski definition) is 0. The summed E-state index contributed by atoms with van der Waals surface area (Å²) in [4.78, 5) is 0. The van der Waals surface area contributed by atoms with Crippen LogP contribution in [0.5, 0.6) is 0 Å². The quantitative estimate of drug-likeness (QED) is 0.161. The van der Waals surface area contributed by atoms with Gasteiger partial charge in [0.15, 0.2) is 0 Å². The molecule has 8 aromatic carbocycles. The molecule has 0 saturated carbocycles. The molecule has 0 saturated heterocycles. The van der Waals surface area contributed by atoms with Gasteiger partial charge in [0, 0.05) is 10.8 Å². The fraction of sp³-hybridized carbons (Fsp3) is 0. The second-order valence-electron chi connectivity index (χ2n) is 13.7. The molecule has 4 heterocycles. The van der Waals surface area contributed by atoms with Crippen LogP contribution >= 0.6 is 0 Å². The maximum atomic E-state index is 2.47. The van der Waals surface area contributed by atoms with E-state index in [1.54, 1.807) is 0 Å². The Hall–Kier alpha value is -6.32. The molecule has 52 heavy (non-hydrogen) atoms. The summed E-state index contributed by atoms with van der Waals surface area (Å²) in [7, 11) is 0. The molecule has 4 aromatic heterocycles. The summed E-state index contributed by atoms with van der Waals surface area (Å²) in [6, 6.07) is 65.1. The first kappa shape index (κ1) is 28.4. The van der Waals surface area contributed by atoms with Crippen molar-refractivity contribution in [3.63, 3.8) is 0 Å². The zero-order valence-electron chi connectivity index (χ0n) is 28.0. The molecular formula is C48H29N3Se. The number of fused-ring (bicyclic) bond motifs is 12. The Morgan fingerprint density at radius 2 is 0.769 bits per heavy atom. The molecule has 0 atom stereocenters. The number of para-hydroxylation sites is 4. The Morgan fingerprint density at radius 3 is 1.48 bits per heavy atom. The van der Waals surface area contributed by atoms with Crippen LogP contribution in [0.25, 0.3) is 102 Å². The molecule has 0 spiro atoms. The van der Waals surface area contributed by atoms with Gasteiger partial charge in [0.1, 0.15) is 0 Å². The van der Waals surface area contributed by atoms with Gasteiger partial charge < -0.3 is 4.57 Å². The van der Waals surface area contributed by atoms with Crippen LogP contribution in [0.4, 0.5) is 0 Å². The zero-order valence-corrected chi connectivity index (χ0v) is 29.7. The van der Waals surface area contributed by atoms with E-state index in [-0.39, 0.29) is 0 Å². The summed E-state index contributed by atoms with van der Waals surface area (Å²) >= 11 is 0.340. The molecular weight excluding hydrogens is 698 g/mol. The van der Waals surface area contributed by atoms with E-state index < -0.39 is 0 Å². The summed E-state index contributed by atoms with van der Waals surface area (Å²) in [6.07, 6.45) is 0. The van der Waals surface area contributed by atoms with Crippen LogP contribution in [-0.2, 0) is 0 Å². The van der Waals surface area contributed by atoms with Gasteiger partial charge in [0.2, 0.25) is 0 Å². The van der Waals surface area contributed by atoms with Gasteiger partial charge in [-0.25, -0.2) is 0 Å². The molecule has 3 nitrogen and oxygen atoms in total. The third kappa shape index (κ3) is 3.80. The van der Waals surface area contributed by atoms with E-state index in [1.165, 1.54) is 96.1 Å². The van der Waals surface area contributed by atoms with Gasteiger partial charge in [-0.05, 0) is 18.2 Å². The van der Waals surface area contributed by atoms with E-state index in [4.69, 9.17) is 0 Å². The van der Waals surface area contributed by atoms with Crippen LogP contribution in [0.2, 0.25) is 0 Å². The van der Waals surface area contributed by atoms with Crippen LogP contribution in [-0.4, -0.2) is 28.2 Å². The first-order chi connectivity index (χ1) is 25.8. The predicted molar refractivity (Wildman–Crippen MR) is 221 cm³/mol. The van der Waals surface area contributed by atoms with Crippen LogP contribution in [0.3, 0.4) is 0 Å². The number of hydrogen-bond donors (Lipinski definition) is 0. The van der Waals surface area contributed by atoms with E-state index in [2.05, 4.69) is 190 Å². The molecule has 242 valence electrons. The van der Waals surface area contributed by atoms with Crippen molar-refractivity contribution in [2.75, 3.05) is 0 Å². The van der Waals surface area contributed by atoms with Crippen molar-refractivity contribution >= 4 is 99.2 Å². The maximum absolute atomic E-state index is 2.47. The number of rotatable bonds is 3. The number of aromatic nitrogens is 3. The summed E-state index contributed by atoms with van der Waals surface area (Å²) in [6.45, 7) is 0. The monoisotopic (exact) mass is 727 g/mol. The molecule has 4 heteroatoms. The van der Waals surface area contributed by atoms with E-state index >= 15 is 0 Å². The van der Waals surface area contributed by atoms with E-state index in [9.17, 15) is 0 Å². The molecule has 12 rings (SSSR count). The van der Waals surface area contributed by atoms with Crippen molar-refractivity contribution in [2.24, 2.45) is 0 Å². The van der Waals surface area contributed by atoms with Crippen molar-refractivity contribution in [1.82, 2.24) is 13.7 Å². The average molecular weight is 727 g/mol.